The van der Waals surface area contributed by atoms with E-state index in [0.717, 1.165) is 18.4 Å². The molecule has 0 saturated carbocycles. The van der Waals surface area contributed by atoms with E-state index in [0.29, 0.717) is 26.2 Å². The molecule has 2 rings (SSSR count). The van der Waals surface area contributed by atoms with Gasteiger partial charge in [0.2, 0.25) is 15.9 Å². The summed E-state index contributed by atoms with van der Waals surface area (Å²) in [6.45, 7) is 7.61. The van der Waals surface area contributed by atoms with E-state index in [-0.39, 0.29) is 17.6 Å². The first-order valence-electron chi connectivity index (χ1n) is 6.37. The molecule has 102 valence electrons. The predicted octanol–water partition coefficient (Wildman–Crippen LogP) is 0.446. The molecule has 0 aromatic heterocycles. The number of carbonyl (C=O) groups excluding carboxylic acids is 1. The van der Waals surface area contributed by atoms with Crippen molar-refractivity contribution in [2.45, 2.75) is 19.8 Å². The standard InChI is InChI=1S/C12H20N2O3S/c1-3-18(16,17)14-6-4-5-11(9-14)12(15)13-7-10(2)8-13/h11H,2-9H2,1H3. The Hall–Kier alpha value is -0.880. The van der Waals surface area contributed by atoms with E-state index in [1.807, 2.05) is 0 Å². The minimum absolute atomic E-state index is 0.0819. The molecule has 2 saturated heterocycles. The van der Waals surface area contributed by atoms with Crippen molar-refractivity contribution in [3.63, 3.8) is 0 Å². The van der Waals surface area contributed by atoms with Gasteiger partial charge in [0.25, 0.3) is 0 Å². The molecule has 0 aromatic rings. The fourth-order valence-electron chi connectivity index (χ4n) is 2.49. The minimum atomic E-state index is -3.17. The molecular weight excluding hydrogens is 252 g/mol. The molecule has 2 heterocycles. The number of piperidine rings is 1. The Kier molecular flexibility index (Phi) is 3.77. The van der Waals surface area contributed by atoms with Crippen molar-refractivity contribution in [2.24, 2.45) is 5.92 Å². The number of hydrogen-bond donors (Lipinski definition) is 0. The van der Waals surface area contributed by atoms with Crippen LogP contribution in [0.4, 0.5) is 0 Å². The van der Waals surface area contributed by atoms with Crippen molar-refractivity contribution in [3.8, 4) is 0 Å². The van der Waals surface area contributed by atoms with Crippen LogP contribution in [-0.4, -0.2) is 55.5 Å². The number of likely N-dealkylation sites (tertiary alicyclic amines) is 1. The van der Waals surface area contributed by atoms with Crippen LogP contribution < -0.4 is 0 Å². The lowest BCUT2D eigenvalue weighted by molar-refractivity contribution is -0.138. The SMILES string of the molecule is C=C1CN(C(=O)C2CCCN(S(=O)(=O)CC)C2)C1. The van der Waals surface area contributed by atoms with Gasteiger partial charge < -0.3 is 4.90 Å². The Morgan fingerprint density at radius 3 is 2.67 bits per heavy atom. The molecule has 0 aliphatic carbocycles. The van der Waals surface area contributed by atoms with Gasteiger partial charge in [-0.3, -0.25) is 4.79 Å². The average Bonchev–Trinajstić information content (AvgIpc) is 2.34. The van der Waals surface area contributed by atoms with Crippen LogP contribution in [0, 0.1) is 5.92 Å². The van der Waals surface area contributed by atoms with Gasteiger partial charge in [-0.05, 0) is 25.3 Å². The Bertz CT molecular complexity index is 450. The third-order valence-electron chi connectivity index (χ3n) is 3.63. The van der Waals surface area contributed by atoms with Gasteiger partial charge in [0, 0.05) is 26.2 Å². The highest BCUT2D eigenvalue weighted by Crippen LogP contribution is 2.24. The maximum absolute atomic E-state index is 12.2. The van der Waals surface area contributed by atoms with Crippen molar-refractivity contribution in [3.05, 3.63) is 12.2 Å². The lowest BCUT2D eigenvalue weighted by atomic mass is 9.96. The zero-order valence-corrected chi connectivity index (χ0v) is 11.6. The molecule has 18 heavy (non-hydrogen) atoms. The zero-order valence-electron chi connectivity index (χ0n) is 10.8. The van der Waals surface area contributed by atoms with E-state index >= 15 is 0 Å². The number of sulfonamides is 1. The monoisotopic (exact) mass is 272 g/mol. The summed E-state index contributed by atoms with van der Waals surface area (Å²) >= 11 is 0. The molecule has 1 atom stereocenters. The molecule has 2 aliphatic rings. The first-order valence-corrected chi connectivity index (χ1v) is 7.98. The van der Waals surface area contributed by atoms with Crippen molar-refractivity contribution in [1.82, 2.24) is 9.21 Å². The van der Waals surface area contributed by atoms with Crippen molar-refractivity contribution < 1.29 is 13.2 Å². The molecule has 5 nitrogen and oxygen atoms in total. The molecular formula is C12H20N2O3S. The number of amides is 1. The summed E-state index contributed by atoms with van der Waals surface area (Å²) in [5.41, 5.74) is 1.07. The minimum Gasteiger partial charge on any atom is -0.334 e. The first kappa shape index (κ1) is 13.5. The zero-order chi connectivity index (χ0) is 13.3. The Morgan fingerprint density at radius 2 is 2.11 bits per heavy atom. The number of hydrogen-bond acceptors (Lipinski definition) is 3. The largest absolute Gasteiger partial charge is 0.334 e. The molecule has 1 amide bonds. The topological polar surface area (TPSA) is 57.7 Å². The van der Waals surface area contributed by atoms with Crippen LogP contribution in [-0.2, 0) is 14.8 Å². The summed E-state index contributed by atoms with van der Waals surface area (Å²) in [6, 6.07) is 0. The van der Waals surface area contributed by atoms with Crippen LogP contribution in [0.5, 0.6) is 0 Å². The molecule has 2 aliphatic heterocycles. The molecule has 2 fully saturated rings. The summed E-state index contributed by atoms with van der Waals surface area (Å²) in [4.78, 5) is 13.9. The molecule has 6 heteroatoms. The second kappa shape index (κ2) is 5.01. The molecule has 0 bridgehead atoms. The van der Waals surface area contributed by atoms with Gasteiger partial charge in [0.15, 0.2) is 0 Å². The third kappa shape index (κ3) is 2.59. The van der Waals surface area contributed by atoms with E-state index < -0.39 is 10.0 Å². The van der Waals surface area contributed by atoms with Gasteiger partial charge in [-0.15, -0.1) is 0 Å². The average molecular weight is 272 g/mol. The highest BCUT2D eigenvalue weighted by Gasteiger charge is 2.35. The van der Waals surface area contributed by atoms with Gasteiger partial charge in [-0.25, -0.2) is 12.7 Å². The normalized spacial score (nSPS) is 25.9. The summed E-state index contributed by atoms with van der Waals surface area (Å²) in [5.74, 6) is 0.0145. The number of rotatable bonds is 3. The van der Waals surface area contributed by atoms with E-state index in [9.17, 15) is 13.2 Å². The maximum Gasteiger partial charge on any atom is 0.227 e. The van der Waals surface area contributed by atoms with Crippen LogP contribution in [0.15, 0.2) is 12.2 Å². The highest BCUT2D eigenvalue weighted by atomic mass is 32.2. The number of carbonyl (C=O) groups is 1. The Labute approximate surface area is 108 Å². The smallest absolute Gasteiger partial charge is 0.227 e. The van der Waals surface area contributed by atoms with Crippen molar-refractivity contribution in [1.29, 1.82) is 0 Å². The molecule has 0 aromatic carbocycles. The predicted molar refractivity (Wildman–Crippen MR) is 69.5 cm³/mol. The van der Waals surface area contributed by atoms with Gasteiger partial charge >= 0.3 is 0 Å². The second-order valence-corrected chi connectivity index (χ2v) is 7.30. The molecule has 0 spiro atoms. The van der Waals surface area contributed by atoms with Crippen molar-refractivity contribution in [2.75, 3.05) is 31.9 Å². The summed E-state index contributed by atoms with van der Waals surface area (Å²) in [7, 11) is -3.17. The van der Waals surface area contributed by atoms with Crippen molar-refractivity contribution >= 4 is 15.9 Å². The molecule has 0 radical (unpaired) electrons. The maximum atomic E-state index is 12.2. The van der Waals surface area contributed by atoms with Crippen LogP contribution in [0.2, 0.25) is 0 Å². The van der Waals surface area contributed by atoms with E-state index in [2.05, 4.69) is 6.58 Å². The van der Waals surface area contributed by atoms with Gasteiger partial charge in [-0.2, -0.15) is 0 Å². The van der Waals surface area contributed by atoms with Crippen LogP contribution in [0.25, 0.3) is 0 Å². The number of nitrogens with zero attached hydrogens (tertiary/aromatic N) is 2. The third-order valence-corrected chi connectivity index (χ3v) is 5.48. The van der Waals surface area contributed by atoms with E-state index in [4.69, 9.17) is 0 Å². The first-order chi connectivity index (χ1) is 8.44. The van der Waals surface area contributed by atoms with E-state index in [1.165, 1.54) is 4.31 Å². The van der Waals surface area contributed by atoms with Crippen LogP contribution in [0.3, 0.4) is 0 Å². The summed E-state index contributed by atoms with van der Waals surface area (Å²) in [6.07, 6.45) is 1.56. The fraction of sp³-hybridized carbons (Fsp3) is 0.750. The fourth-order valence-corrected chi connectivity index (χ4v) is 3.67. The van der Waals surface area contributed by atoms with Crippen LogP contribution in [0.1, 0.15) is 19.8 Å². The summed E-state index contributed by atoms with van der Waals surface area (Å²) in [5, 5.41) is 0. The van der Waals surface area contributed by atoms with E-state index in [1.54, 1.807) is 11.8 Å². The Morgan fingerprint density at radius 1 is 1.44 bits per heavy atom. The lowest BCUT2D eigenvalue weighted by Crippen LogP contribution is -2.51. The lowest BCUT2D eigenvalue weighted by Gasteiger charge is -2.39. The second-order valence-electron chi connectivity index (χ2n) is 5.04. The summed E-state index contributed by atoms with van der Waals surface area (Å²) < 4.78 is 25.1. The van der Waals surface area contributed by atoms with Gasteiger partial charge in [0.1, 0.15) is 0 Å². The van der Waals surface area contributed by atoms with Gasteiger partial charge in [-0.1, -0.05) is 6.58 Å². The quantitative estimate of drug-likeness (QED) is 0.701. The molecule has 0 N–H and O–H groups in total. The molecule has 1 unspecified atom stereocenters. The Balaban J connectivity index is 1.98. The highest BCUT2D eigenvalue weighted by molar-refractivity contribution is 7.89. The van der Waals surface area contributed by atoms with Gasteiger partial charge in [0.05, 0.1) is 11.7 Å². The van der Waals surface area contributed by atoms with Crippen LogP contribution >= 0.6 is 0 Å².